The summed E-state index contributed by atoms with van der Waals surface area (Å²) in [6.45, 7) is 6.34. The molecule has 1 saturated heterocycles. The number of esters is 1. The van der Waals surface area contributed by atoms with Gasteiger partial charge < -0.3 is 19.7 Å². The molecule has 2 heterocycles. The van der Waals surface area contributed by atoms with Crippen LogP contribution in [0.3, 0.4) is 0 Å². The number of hydrogen-bond acceptors (Lipinski definition) is 7. The standard InChI is InChI=1S/C18H22N4O3/c1-12-10-16(17(23)24-3)21-18(19-12)20-14-4-6-15(7-5-14)22-8-9-25-11-13(22)2/h4-7,10,13H,8-9,11H2,1-3H3,(H,19,20,21). The smallest absolute Gasteiger partial charge is 0.356 e. The lowest BCUT2D eigenvalue weighted by molar-refractivity contribution is 0.0594. The molecule has 0 bridgehead atoms. The van der Waals surface area contributed by atoms with Gasteiger partial charge in [-0.15, -0.1) is 0 Å². The highest BCUT2D eigenvalue weighted by atomic mass is 16.5. The number of ether oxygens (including phenoxy) is 2. The van der Waals surface area contributed by atoms with Crippen LogP contribution in [0.2, 0.25) is 0 Å². The van der Waals surface area contributed by atoms with Crippen LogP contribution in [0.1, 0.15) is 23.1 Å². The van der Waals surface area contributed by atoms with Crippen molar-refractivity contribution in [1.82, 2.24) is 9.97 Å². The molecule has 1 aromatic carbocycles. The summed E-state index contributed by atoms with van der Waals surface area (Å²) in [7, 11) is 1.33. The quantitative estimate of drug-likeness (QED) is 0.856. The van der Waals surface area contributed by atoms with E-state index >= 15 is 0 Å². The van der Waals surface area contributed by atoms with Crippen LogP contribution in [0.5, 0.6) is 0 Å². The molecule has 1 atom stereocenters. The molecule has 1 fully saturated rings. The first kappa shape index (κ1) is 17.2. The predicted molar refractivity (Wildman–Crippen MR) is 95.5 cm³/mol. The van der Waals surface area contributed by atoms with Crippen LogP contribution >= 0.6 is 0 Å². The molecule has 3 rings (SSSR count). The number of nitrogens with one attached hydrogen (secondary N) is 1. The lowest BCUT2D eigenvalue weighted by atomic mass is 10.2. The first-order chi connectivity index (χ1) is 12.1. The van der Waals surface area contributed by atoms with Crippen molar-refractivity contribution < 1.29 is 14.3 Å². The largest absolute Gasteiger partial charge is 0.464 e. The number of carbonyl (C=O) groups is 1. The average Bonchev–Trinajstić information content (AvgIpc) is 2.62. The molecule has 7 heteroatoms. The van der Waals surface area contributed by atoms with Gasteiger partial charge in [0.1, 0.15) is 0 Å². The van der Waals surface area contributed by atoms with Gasteiger partial charge in [-0.25, -0.2) is 14.8 Å². The van der Waals surface area contributed by atoms with E-state index in [1.54, 1.807) is 6.07 Å². The maximum atomic E-state index is 11.7. The van der Waals surface area contributed by atoms with Gasteiger partial charge in [0.05, 0.1) is 20.3 Å². The van der Waals surface area contributed by atoms with Crippen molar-refractivity contribution in [2.75, 3.05) is 37.1 Å². The summed E-state index contributed by atoms with van der Waals surface area (Å²) in [5.41, 5.74) is 2.93. The minimum Gasteiger partial charge on any atom is -0.464 e. The van der Waals surface area contributed by atoms with E-state index in [1.165, 1.54) is 7.11 Å². The number of anilines is 3. The molecular formula is C18H22N4O3. The highest BCUT2D eigenvalue weighted by molar-refractivity contribution is 5.87. The monoisotopic (exact) mass is 342 g/mol. The van der Waals surface area contributed by atoms with Crippen molar-refractivity contribution in [3.05, 3.63) is 41.7 Å². The molecule has 0 radical (unpaired) electrons. The van der Waals surface area contributed by atoms with Crippen molar-refractivity contribution in [2.24, 2.45) is 0 Å². The van der Waals surface area contributed by atoms with Crippen molar-refractivity contribution in [2.45, 2.75) is 19.9 Å². The van der Waals surface area contributed by atoms with Crippen LogP contribution in [0.25, 0.3) is 0 Å². The third-order valence-electron chi connectivity index (χ3n) is 4.07. The Morgan fingerprint density at radius 1 is 1.32 bits per heavy atom. The molecule has 1 aromatic heterocycles. The van der Waals surface area contributed by atoms with Gasteiger partial charge in [-0.3, -0.25) is 0 Å². The first-order valence-electron chi connectivity index (χ1n) is 8.22. The topological polar surface area (TPSA) is 76.6 Å². The fourth-order valence-electron chi connectivity index (χ4n) is 2.81. The zero-order chi connectivity index (χ0) is 17.8. The highest BCUT2D eigenvalue weighted by Crippen LogP contribution is 2.23. The van der Waals surface area contributed by atoms with Crippen LogP contribution in [0.15, 0.2) is 30.3 Å². The van der Waals surface area contributed by atoms with E-state index in [4.69, 9.17) is 9.47 Å². The van der Waals surface area contributed by atoms with Gasteiger partial charge in [-0.1, -0.05) is 0 Å². The number of benzene rings is 1. The summed E-state index contributed by atoms with van der Waals surface area (Å²) in [5.74, 6) is -0.113. The number of hydrogen-bond donors (Lipinski definition) is 1. The van der Waals surface area contributed by atoms with Crippen LogP contribution in [-0.2, 0) is 9.47 Å². The Morgan fingerprint density at radius 2 is 2.08 bits per heavy atom. The number of aromatic nitrogens is 2. The Labute approximate surface area is 147 Å². The van der Waals surface area contributed by atoms with Crippen LogP contribution in [0, 0.1) is 6.92 Å². The number of carbonyl (C=O) groups excluding carboxylic acids is 1. The summed E-state index contributed by atoms with van der Waals surface area (Å²) in [5, 5.41) is 3.13. The van der Waals surface area contributed by atoms with Crippen molar-refractivity contribution in [1.29, 1.82) is 0 Å². The number of nitrogens with zero attached hydrogens (tertiary/aromatic N) is 3. The average molecular weight is 342 g/mol. The molecule has 25 heavy (non-hydrogen) atoms. The molecule has 132 valence electrons. The van der Waals surface area contributed by atoms with Crippen LogP contribution in [-0.4, -0.2) is 48.8 Å². The summed E-state index contributed by atoms with van der Waals surface area (Å²) < 4.78 is 10.2. The molecular weight excluding hydrogens is 320 g/mol. The van der Waals surface area contributed by atoms with E-state index < -0.39 is 5.97 Å². The van der Waals surface area contributed by atoms with Gasteiger partial charge in [0.2, 0.25) is 5.95 Å². The van der Waals surface area contributed by atoms with Gasteiger partial charge >= 0.3 is 5.97 Å². The number of morpholine rings is 1. The van der Waals surface area contributed by atoms with E-state index in [0.29, 0.717) is 17.7 Å². The van der Waals surface area contributed by atoms with E-state index in [-0.39, 0.29) is 5.69 Å². The third-order valence-corrected chi connectivity index (χ3v) is 4.07. The SMILES string of the molecule is COC(=O)c1cc(C)nc(Nc2ccc(N3CCOCC3C)cc2)n1. The Morgan fingerprint density at radius 3 is 2.76 bits per heavy atom. The zero-order valence-corrected chi connectivity index (χ0v) is 14.7. The second-order valence-corrected chi connectivity index (χ2v) is 6.00. The molecule has 0 spiro atoms. The summed E-state index contributed by atoms with van der Waals surface area (Å²) in [6.07, 6.45) is 0. The van der Waals surface area contributed by atoms with Gasteiger partial charge in [0, 0.05) is 29.7 Å². The molecule has 1 unspecified atom stereocenters. The fraction of sp³-hybridized carbons (Fsp3) is 0.389. The molecule has 1 aliphatic rings. The molecule has 2 aromatic rings. The number of rotatable bonds is 4. The van der Waals surface area contributed by atoms with Crippen LogP contribution < -0.4 is 10.2 Å². The molecule has 1 N–H and O–H groups in total. The van der Waals surface area contributed by atoms with Gasteiger partial charge in [0.15, 0.2) is 5.69 Å². The second-order valence-electron chi connectivity index (χ2n) is 6.00. The maximum Gasteiger partial charge on any atom is 0.356 e. The first-order valence-corrected chi connectivity index (χ1v) is 8.22. The Kier molecular flexibility index (Phi) is 5.14. The second kappa shape index (κ2) is 7.48. The molecule has 0 aliphatic carbocycles. The normalized spacial score (nSPS) is 17.2. The molecule has 0 saturated carbocycles. The zero-order valence-electron chi connectivity index (χ0n) is 14.7. The van der Waals surface area contributed by atoms with Gasteiger partial charge in [-0.05, 0) is 44.2 Å². The molecule has 0 amide bonds. The van der Waals surface area contributed by atoms with E-state index in [1.807, 2.05) is 19.1 Å². The summed E-state index contributed by atoms with van der Waals surface area (Å²) in [4.78, 5) is 22.5. The minimum atomic E-state index is -0.481. The molecule has 7 nitrogen and oxygen atoms in total. The van der Waals surface area contributed by atoms with E-state index in [9.17, 15) is 4.79 Å². The minimum absolute atomic E-state index is 0.233. The van der Waals surface area contributed by atoms with E-state index in [2.05, 4.69) is 39.2 Å². The maximum absolute atomic E-state index is 11.7. The van der Waals surface area contributed by atoms with Crippen LogP contribution in [0.4, 0.5) is 17.3 Å². The van der Waals surface area contributed by atoms with Crippen molar-refractivity contribution in [3.63, 3.8) is 0 Å². The Balaban J connectivity index is 1.75. The van der Waals surface area contributed by atoms with Crippen molar-refractivity contribution >= 4 is 23.3 Å². The predicted octanol–water partition coefficient (Wildman–Crippen LogP) is 2.54. The lowest BCUT2D eigenvalue weighted by Crippen LogP contribution is -2.43. The number of aryl methyl sites for hydroxylation is 1. The fourth-order valence-corrected chi connectivity index (χ4v) is 2.81. The summed E-state index contributed by atoms with van der Waals surface area (Å²) >= 11 is 0. The lowest BCUT2D eigenvalue weighted by Gasteiger charge is -2.35. The van der Waals surface area contributed by atoms with Gasteiger partial charge in [0.25, 0.3) is 0 Å². The van der Waals surface area contributed by atoms with Gasteiger partial charge in [-0.2, -0.15) is 0 Å². The molecule has 1 aliphatic heterocycles. The van der Waals surface area contributed by atoms with E-state index in [0.717, 1.165) is 31.1 Å². The Hall–Kier alpha value is -2.67. The summed E-state index contributed by atoms with van der Waals surface area (Å²) in [6, 6.07) is 10.0. The third kappa shape index (κ3) is 4.06. The number of methoxy groups -OCH3 is 1. The Bertz CT molecular complexity index is 748. The van der Waals surface area contributed by atoms with Crippen molar-refractivity contribution in [3.8, 4) is 0 Å². The highest BCUT2D eigenvalue weighted by Gasteiger charge is 2.19.